The Balaban J connectivity index is 3.30. The highest BCUT2D eigenvalue weighted by Crippen LogP contribution is 2.39. The Bertz CT molecular complexity index is 440. The molecule has 20 heavy (non-hydrogen) atoms. The monoisotopic (exact) mass is 297 g/mol. The van der Waals surface area contributed by atoms with E-state index in [1.807, 2.05) is 0 Å². The second kappa shape index (κ2) is 6.30. The molecule has 1 aromatic rings. The van der Waals surface area contributed by atoms with Gasteiger partial charge in [-0.15, -0.1) is 0 Å². The predicted octanol–water partition coefficient (Wildman–Crippen LogP) is 4.35. The number of alkyl halides is 6. The lowest BCUT2D eigenvalue weighted by atomic mass is 9.99. The Morgan fingerprint density at radius 2 is 1.50 bits per heavy atom. The molecule has 0 radical (unpaired) electrons. The van der Waals surface area contributed by atoms with E-state index in [2.05, 4.69) is 5.32 Å². The van der Waals surface area contributed by atoms with Gasteiger partial charge < -0.3 is 5.32 Å². The third-order valence-corrected chi connectivity index (χ3v) is 2.56. The van der Waals surface area contributed by atoms with E-state index in [0.29, 0.717) is 25.1 Å². The van der Waals surface area contributed by atoms with E-state index in [0.717, 1.165) is 12.1 Å². The van der Waals surface area contributed by atoms with Gasteiger partial charge in [-0.2, -0.15) is 26.3 Å². The number of halogens is 6. The van der Waals surface area contributed by atoms with Crippen molar-refractivity contribution in [2.75, 3.05) is 13.6 Å². The van der Waals surface area contributed by atoms with E-state index in [4.69, 9.17) is 0 Å². The van der Waals surface area contributed by atoms with Gasteiger partial charge in [-0.05, 0) is 37.7 Å². The van der Waals surface area contributed by atoms with E-state index >= 15 is 0 Å². The third-order valence-electron chi connectivity index (χ3n) is 2.56. The summed E-state index contributed by atoms with van der Waals surface area (Å²) in [7, 11) is 1.64. The molecule has 0 saturated heterocycles. The van der Waals surface area contributed by atoms with Gasteiger partial charge in [-0.1, -0.05) is 18.2 Å². The van der Waals surface area contributed by atoms with Gasteiger partial charge in [0, 0.05) is 0 Å². The molecule has 0 bridgehead atoms. The minimum atomic E-state index is -4.83. The van der Waals surface area contributed by atoms with Crippen LogP contribution in [0.15, 0.2) is 24.3 Å². The normalized spacial score (nSPS) is 13.2. The predicted molar refractivity (Wildman–Crippen MR) is 64.0 cm³/mol. The average molecular weight is 297 g/mol. The Kier molecular flexibility index (Phi) is 5.21. The standard InChI is InChI=1S/C13H13F6N/c1-20-8-3-2-5-9-10(12(14,15)16)6-4-7-11(9)13(17,18)19/h2,4-7,20H,3,8H2,1H3. The molecule has 0 spiro atoms. The van der Waals surface area contributed by atoms with Gasteiger partial charge in [0.25, 0.3) is 0 Å². The van der Waals surface area contributed by atoms with Crippen molar-refractivity contribution in [3.05, 3.63) is 41.0 Å². The van der Waals surface area contributed by atoms with Gasteiger partial charge >= 0.3 is 12.4 Å². The highest BCUT2D eigenvalue weighted by molar-refractivity contribution is 5.59. The first kappa shape index (κ1) is 16.6. The minimum absolute atomic E-state index is 0.333. The van der Waals surface area contributed by atoms with E-state index in [1.54, 1.807) is 7.05 Å². The highest BCUT2D eigenvalue weighted by atomic mass is 19.4. The molecule has 112 valence electrons. The van der Waals surface area contributed by atoms with Crippen molar-refractivity contribution in [3.63, 3.8) is 0 Å². The summed E-state index contributed by atoms with van der Waals surface area (Å²) in [6, 6.07) is 2.05. The molecule has 0 fully saturated rings. The van der Waals surface area contributed by atoms with Crippen molar-refractivity contribution < 1.29 is 26.3 Å². The second-order valence-corrected chi connectivity index (χ2v) is 4.06. The van der Waals surface area contributed by atoms with Gasteiger partial charge in [0.2, 0.25) is 0 Å². The fourth-order valence-electron chi connectivity index (χ4n) is 1.67. The Morgan fingerprint density at radius 1 is 1.00 bits per heavy atom. The summed E-state index contributed by atoms with van der Waals surface area (Å²) in [5, 5.41) is 2.75. The van der Waals surface area contributed by atoms with Crippen molar-refractivity contribution in [2.24, 2.45) is 0 Å². The van der Waals surface area contributed by atoms with Crippen LogP contribution < -0.4 is 5.32 Å². The number of hydrogen-bond donors (Lipinski definition) is 1. The van der Waals surface area contributed by atoms with Crippen molar-refractivity contribution in [1.29, 1.82) is 0 Å². The molecular weight excluding hydrogens is 284 g/mol. The zero-order valence-corrected chi connectivity index (χ0v) is 10.6. The fraction of sp³-hybridized carbons (Fsp3) is 0.385. The van der Waals surface area contributed by atoms with Crippen LogP contribution in [-0.4, -0.2) is 13.6 Å². The van der Waals surface area contributed by atoms with Crippen molar-refractivity contribution >= 4 is 6.08 Å². The average Bonchev–Trinajstić information content (AvgIpc) is 2.32. The molecule has 7 heteroatoms. The lowest BCUT2D eigenvalue weighted by molar-refractivity contribution is -0.143. The SMILES string of the molecule is CNCCC=Cc1c(C(F)(F)F)cccc1C(F)(F)F. The molecule has 0 saturated carbocycles. The van der Waals surface area contributed by atoms with Crippen LogP contribution in [0.25, 0.3) is 6.08 Å². The molecule has 0 heterocycles. The molecule has 0 unspecified atom stereocenters. The van der Waals surface area contributed by atoms with Gasteiger partial charge in [-0.3, -0.25) is 0 Å². The van der Waals surface area contributed by atoms with Crippen molar-refractivity contribution in [1.82, 2.24) is 5.32 Å². The van der Waals surface area contributed by atoms with Crippen LogP contribution in [0.2, 0.25) is 0 Å². The molecule has 0 aliphatic rings. The van der Waals surface area contributed by atoms with Crippen LogP contribution in [0.4, 0.5) is 26.3 Å². The maximum absolute atomic E-state index is 12.8. The quantitative estimate of drug-likeness (QED) is 0.643. The van der Waals surface area contributed by atoms with Crippen LogP contribution in [0.1, 0.15) is 23.1 Å². The fourth-order valence-corrected chi connectivity index (χ4v) is 1.67. The van der Waals surface area contributed by atoms with Crippen molar-refractivity contribution in [3.8, 4) is 0 Å². The number of hydrogen-bond acceptors (Lipinski definition) is 1. The molecule has 1 rings (SSSR count). The molecule has 1 nitrogen and oxygen atoms in total. The summed E-state index contributed by atoms with van der Waals surface area (Å²) in [6.07, 6.45) is -7.16. The topological polar surface area (TPSA) is 12.0 Å². The number of nitrogens with one attached hydrogen (secondary N) is 1. The molecular formula is C13H13F6N. The summed E-state index contributed by atoms with van der Waals surface area (Å²) < 4.78 is 76.7. The molecule has 0 amide bonds. The second-order valence-electron chi connectivity index (χ2n) is 4.06. The van der Waals surface area contributed by atoms with Gasteiger partial charge in [-0.25, -0.2) is 0 Å². The number of benzene rings is 1. The minimum Gasteiger partial charge on any atom is -0.319 e. The zero-order valence-electron chi connectivity index (χ0n) is 10.6. The zero-order chi connectivity index (χ0) is 15.4. The molecule has 0 aliphatic heterocycles. The van der Waals surface area contributed by atoms with Crippen LogP contribution in [0, 0.1) is 0 Å². The summed E-state index contributed by atoms with van der Waals surface area (Å²) in [6.45, 7) is 0.464. The molecule has 1 aromatic carbocycles. The van der Waals surface area contributed by atoms with E-state index in [-0.39, 0.29) is 0 Å². The largest absolute Gasteiger partial charge is 0.417 e. The van der Waals surface area contributed by atoms with Crippen LogP contribution in [-0.2, 0) is 12.4 Å². The molecule has 0 aliphatic carbocycles. The molecule has 0 atom stereocenters. The van der Waals surface area contributed by atoms with E-state index < -0.39 is 29.0 Å². The van der Waals surface area contributed by atoms with Gasteiger partial charge in [0.05, 0.1) is 11.1 Å². The van der Waals surface area contributed by atoms with E-state index in [9.17, 15) is 26.3 Å². The van der Waals surface area contributed by atoms with Gasteiger partial charge in [0.1, 0.15) is 0 Å². The van der Waals surface area contributed by atoms with Crippen LogP contribution in [0.3, 0.4) is 0 Å². The first-order chi connectivity index (χ1) is 9.18. The number of rotatable bonds is 4. The first-order valence-electron chi connectivity index (χ1n) is 5.76. The summed E-state index contributed by atoms with van der Waals surface area (Å²) in [4.78, 5) is 0. The molecule has 1 N–H and O–H groups in total. The van der Waals surface area contributed by atoms with Crippen LogP contribution >= 0.6 is 0 Å². The third kappa shape index (κ3) is 4.26. The smallest absolute Gasteiger partial charge is 0.319 e. The summed E-state index contributed by atoms with van der Waals surface area (Å²) in [5.74, 6) is 0. The first-order valence-corrected chi connectivity index (χ1v) is 5.76. The van der Waals surface area contributed by atoms with E-state index in [1.165, 1.54) is 6.08 Å². The van der Waals surface area contributed by atoms with Crippen molar-refractivity contribution in [2.45, 2.75) is 18.8 Å². The maximum Gasteiger partial charge on any atom is 0.417 e. The Hall–Kier alpha value is -1.50. The Labute approximate surface area is 112 Å². The summed E-state index contributed by atoms with van der Waals surface area (Å²) >= 11 is 0. The molecule has 0 aromatic heterocycles. The maximum atomic E-state index is 12.8. The summed E-state index contributed by atoms with van der Waals surface area (Å²) in [5.41, 5.74) is -3.41. The van der Waals surface area contributed by atoms with Crippen LogP contribution in [0.5, 0.6) is 0 Å². The lowest BCUT2D eigenvalue weighted by Gasteiger charge is -2.16. The highest BCUT2D eigenvalue weighted by Gasteiger charge is 2.39. The van der Waals surface area contributed by atoms with Gasteiger partial charge in [0.15, 0.2) is 0 Å². The Morgan fingerprint density at radius 3 is 1.90 bits per heavy atom. The lowest BCUT2D eigenvalue weighted by Crippen LogP contribution is -2.14.